The fourth-order valence-electron chi connectivity index (χ4n) is 0.850. The number of hydrogen-bond acceptors (Lipinski definition) is 4. The molecule has 0 aromatic heterocycles. The summed E-state index contributed by atoms with van der Waals surface area (Å²) in [6, 6.07) is 1.26. The van der Waals surface area contributed by atoms with E-state index in [1.54, 1.807) is 0 Å². The minimum atomic E-state index is -0.649. The van der Waals surface area contributed by atoms with Crippen LogP contribution in [0.1, 0.15) is 10.4 Å². The lowest BCUT2D eigenvalue weighted by molar-refractivity contribution is 0.0951. The molecule has 0 aliphatic rings. The predicted molar refractivity (Wildman–Crippen MR) is 56.8 cm³/mol. The van der Waals surface area contributed by atoms with Gasteiger partial charge in [0.15, 0.2) is 0 Å². The molecule has 0 saturated heterocycles. The smallest absolute Gasteiger partial charge is 0.269 e. The summed E-state index contributed by atoms with van der Waals surface area (Å²) in [6.45, 7) is 0. The topological polar surface area (TPSA) is 95.6 Å². The molecule has 7 heteroatoms. The Kier molecular flexibility index (Phi) is 3.35. The molecule has 0 saturated carbocycles. The molecular formula is C7H6Br2N2O3. The van der Waals surface area contributed by atoms with Crippen molar-refractivity contribution in [1.29, 1.82) is 0 Å². The van der Waals surface area contributed by atoms with Crippen LogP contribution in [0.2, 0.25) is 0 Å². The van der Waals surface area contributed by atoms with E-state index in [0.29, 0.717) is 0 Å². The van der Waals surface area contributed by atoms with Crippen molar-refractivity contribution in [1.82, 2.24) is 5.43 Å². The van der Waals surface area contributed by atoms with Crippen LogP contribution in [-0.4, -0.2) is 16.1 Å². The number of benzene rings is 1. The van der Waals surface area contributed by atoms with E-state index in [-0.39, 0.29) is 26.0 Å². The first-order valence-electron chi connectivity index (χ1n) is 3.40. The van der Waals surface area contributed by atoms with Crippen molar-refractivity contribution in [3.8, 4) is 11.5 Å². The third-order valence-electron chi connectivity index (χ3n) is 1.54. The van der Waals surface area contributed by atoms with E-state index in [9.17, 15) is 15.0 Å². The number of aromatic hydroxyl groups is 2. The van der Waals surface area contributed by atoms with Crippen molar-refractivity contribution in [3.05, 3.63) is 20.6 Å². The molecule has 1 aromatic carbocycles. The number of phenolic OH excluding ortho intramolecular Hbond substituents is 2. The Hall–Kier alpha value is -0.790. The third-order valence-corrected chi connectivity index (χ3v) is 2.90. The van der Waals surface area contributed by atoms with Gasteiger partial charge in [0.1, 0.15) is 16.0 Å². The summed E-state index contributed by atoms with van der Waals surface area (Å²) in [5.74, 6) is 3.71. The van der Waals surface area contributed by atoms with Crippen molar-refractivity contribution in [2.45, 2.75) is 0 Å². The number of nitrogens with one attached hydrogen (secondary N) is 1. The van der Waals surface area contributed by atoms with Gasteiger partial charge in [0.2, 0.25) is 0 Å². The predicted octanol–water partition coefficient (Wildman–Crippen LogP) is 1.23. The van der Waals surface area contributed by atoms with E-state index >= 15 is 0 Å². The molecule has 0 aliphatic heterocycles. The monoisotopic (exact) mass is 324 g/mol. The number of phenols is 2. The summed E-state index contributed by atoms with van der Waals surface area (Å²) in [7, 11) is 0. The van der Waals surface area contributed by atoms with Crippen LogP contribution in [0.5, 0.6) is 11.5 Å². The van der Waals surface area contributed by atoms with Crippen LogP contribution in [0.4, 0.5) is 0 Å². The first-order valence-corrected chi connectivity index (χ1v) is 4.98. The molecule has 0 spiro atoms. The molecule has 1 aromatic rings. The second-order valence-corrected chi connectivity index (χ2v) is 4.04. The maximum absolute atomic E-state index is 11.1. The van der Waals surface area contributed by atoms with Crippen LogP contribution >= 0.6 is 31.9 Å². The van der Waals surface area contributed by atoms with E-state index in [1.165, 1.54) is 6.07 Å². The van der Waals surface area contributed by atoms with Gasteiger partial charge in [-0.25, -0.2) is 5.84 Å². The quantitative estimate of drug-likeness (QED) is 0.355. The van der Waals surface area contributed by atoms with E-state index < -0.39 is 5.91 Å². The molecule has 0 radical (unpaired) electrons. The van der Waals surface area contributed by atoms with Gasteiger partial charge in [-0.15, -0.1) is 0 Å². The summed E-state index contributed by atoms with van der Waals surface area (Å²) >= 11 is 5.94. The van der Waals surface area contributed by atoms with E-state index in [0.717, 1.165) is 0 Å². The van der Waals surface area contributed by atoms with Crippen molar-refractivity contribution in [3.63, 3.8) is 0 Å². The molecule has 76 valence electrons. The average Bonchev–Trinajstić information content (AvgIpc) is 2.19. The van der Waals surface area contributed by atoms with Gasteiger partial charge in [-0.3, -0.25) is 10.2 Å². The lowest BCUT2D eigenvalue weighted by Gasteiger charge is -2.07. The first-order chi connectivity index (χ1) is 6.49. The Morgan fingerprint density at radius 3 is 2.43 bits per heavy atom. The van der Waals surface area contributed by atoms with Crippen molar-refractivity contribution < 1.29 is 15.0 Å². The SMILES string of the molecule is NNC(=O)c1cc(Br)c(O)c(Br)c1O. The molecular weight excluding hydrogens is 320 g/mol. The van der Waals surface area contributed by atoms with Gasteiger partial charge in [0.05, 0.1) is 10.0 Å². The highest BCUT2D eigenvalue weighted by Crippen LogP contribution is 2.41. The second kappa shape index (κ2) is 4.16. The van der Waals surface area contributed by atoms with E-state index in [2.05, 4.69) is 31.9 Å². The molecule has 1 amide bonds. The number of amides is 1. The number of carbonyl (C=O) groups is 1. The highest BCUT2D eigenvalue weighted by molar-refractivity contribution is 9.11. The zero-order chi connectivity index (χ0) is 10.9. The van der Waals surface area contributed by atoms with Crippen molar-refractivity contribution in [2.24, 2.45) is 5.84 Å². The van der Waals surface area contributed by atoms with Crippen LogP contribution in [0.15, 0.2) is 15.0 Å². The summed E-state index contributed by atoms with van der Waals surface area (Å²) in [5.41, 5.74) is 1.84. The van der Waals surface area contributed by atoms with Crippen LogP contribution in [0.3, 0.4) is 0 Å². The molecule has 5 N–H and O–H groups in total. The fourth-order valence-corrected chi connectivity index (χ4v) is 1.97. The van der Waals surface area contributed by atoms with Gasteiger partial charge in [0, 0.05) is 0 Å². The number of carbonyl (C=O) groups excluding carboxylic acids is 1. The van der Waals surface area contributed by atoms with Crippen molar-refractivity contribution >= 4 is 37.8 Å². The number of hydrogen-bond donors (Lipinski definition) is 4. The lowest BCUT2D eigenvalue weighted by atomic mass is 10.2. The van der Waals surface area contributed by atoms with Gasteiger partial charge in [0.25, 0.3) is 5.91 Å². The summed E-state index contributed by atoms with van der Waals surface area (Å²) < 4.78 is 0.311. The Labute approximate surface area is 96.1 Å². The van der Waals surface area contributed by atoms with Crippen molar-refractivity contribution in [2.75, 3.05) is 0 Å². The van der Waals surface area contributed by atoms with E-state index in [1.807, 2.05) is 5.43 Å². The highest BCUT2D eigenvalue weighted by atomic mass is 79.9. The molecule has 0 fully saturated rings. The van der Waals surface area contributed by atoms with Crippen LogP contribution < -0.4 is 11.3 Å². The number of hydrazine groups is 1. The van der Waals surface area contributed by atoms with E-state index in [4.69, 9.17) is 5.84 Å². The second-order valence-electron chi connectivity index (χ2n) is 2.39. The number of halogens is 2. The highest BCUT2D eigenvalue weighted by Gasteiger charge is 2.18. The molecule has 0 unspecified atom stereocenters. The minimum absolute atomic E-state index is 0.0328. The molecule has 0 heterocycles. The Balaban J connectivity index is 3.40. The third kappa shape index (κ3) is 1.84. The number of nitrogens with two attached hydrogens (primary N) is 1. The maximum Gasteiger partial charge on any atom is 0.269 e. The van der Waals surface area contributed by atoms with Crippen LogP contribution in [-0.2, 0) is 0 Å². The number of nitrogen functional groups attached to an aromatic ring is 1. The van der Waals surface area contributed by atoms with Gasteiger partial charge in [-0.1, -0.05) is 0 Å². The molecule has 1 rings (SSSR count). The maximum atomic E-state index is 11.1. The summed E-state index contributed by atoms with van der Waals surface area (Å²) in [6.07, 6.45) is 0. The molecule has 14 heavy (non-hydrogen) atoms. The minimum Gasteiger partial charge on any atom is -0.506 e. The fraction of sp³-hybridized carbons (Fsp3) is 0. The van der Waals surface area contributed by atoms with Gasteiger partial charge >= 0.3 is 0 Å². The Morgan fingerprint density at radius 2 is 1.93 bits per heavy atom. The lowest BCUT2D eigenvalue weighted by Crippen LogP contribution is -2.30. The Morgan fingerprint density at radius 1 is 1.36 bits per heavy atom. The van der Waals surface area contributed by atoms with Crippen LogP contribution in [0, 0.1) is 0 Å². The zero-order valence-electron chi connectivity index (χ0n) is 6.71. The largest absolute Gasteiger partial charge is 0.506 e. The zero-order valence-corrected chi connectivity index (χ0v) is 9.89. The van der Waals surface area contributed by atoms with Gasteiger partial charge in [-0.05, 0) is 37.9 Å². The standard InChI is InChI=1S/C7H6Br2N2O3/c8-3-1-2(7(14)11-10)5(12)4(9)6(3)13/h1,12-13H,10H2,(H,11,14). The molecule has 0 aliphatic carbocycles. The van der Waals surface area contributed by atoms with Gasteiger partial charge < -0.3 is 10.2 Å². The molecule has 0 bridgehead atoms. The summed E-state index contributed by atoms with van der Waals surface area (Å²) in [4.78, 5) is 11.1. The normalized spacial score (nSPS) is 9.93. The Bertz CT molecular complexity index is 395. The molecule has 0 atom stereocenters. The van der Waals surface area contributed by atoms with Crippen LogP contribution in [0.25, 0.3) is 0 Å². The first kappa shape index (κ1) is 11.3. The molecule has 5 nitrogen and oxygen atoms in total. The average molecular weight is 326 g/mol. The number of rotatable bonds is 1. The summed E-state index contributed by atoms with van der Waals surface area (Å²) in [5, 5.41) is 18.8. The van der Waals surface area contributed by atoms with Gasteiger partial charge in [-0.2, -0.15) is 0 Å².